The largest absolute Gasteiger partial charge is 0.433 e. The van der Waals surface area contributed by atoms with Gasteiger partial charge in [0.25, 0.3) is 0 Å². The van der Waals surface area contributed by atoms with Crippen LogP contribution in [0, 0.1) is 0 Å². The number of rotatable bonds is 7. The van der Waals surface area contributed by atoms with Gasteiger partial charge in [0.2, 0.25) is 0 Å². The maximum Gasteiger partial charge on any atom is 0.433 e. The van der Waals surface area contributed by atoms with Crippen molar-refractivity contribution >= 4 is 10.9 Å². The van der Waals surface area contributed by atoms with Gasteiger partial charge in [0, 0.05) is 25.6 Å². The van der Waals surface area contributed by atoms with Crippen LogP contribution in [0.15, 0.2) is 24.3 Å². The summed E-state index contributed by atoms with van der Waals surface area (Å²) in [4.78, 5) is 3.18. The van der Waals surface area contributed by atoms with Crippen molar-refractivity contribution in [1.29, 1.82) is 0 Å². The first kappa shape index (κ1) is 21.4. The van der Waals surface area contributed by atoms with Crippen LogP contribution in [0.4, 0.5) is 26.3 Å². The number of pyridine rings is 1. The van der Waals surface area contributed by atoms with Crippen molar-refractivity contribution < 1.29 is 36.2 Å². The minimum atomic E-state index is -4.95. The maximum atomic E-state index is 13.2. The molecule has 1 aromatic carbocycles. The number of aromatic nitrogens is 1. The van der Waals surface area contributed by atoms with Gasteiger partial charge in [-0.3, -0.25) is 0 Å². The van der Waals surface area contributed by atoms with Crippen LogP contribution in [0.2, 0.25) is 0 Å². The Balaban J connectivity index is 2.47. The Labute approximate surface area is 151 Å². The molecule has 1 atom stereocenters. The van der Waals surface area contributed by atoms with Gasteiger partial charge in [-0.25, -0.2) is 4.98 Å². The first-order valence-corrected chi connectivity index (χ1v) is 8.01. The molecule has 0 fully saturated rings. The molecule has 0 aliphatic heterocycles. The molecule has 1 aromatic heterocycles. The van der Waals surface area contributed by atoms with Crippen LogP contribution >= 0.6 is 0 Å². The number of nitrogens with one attached hydrogen (secondary N) is 1. The normalized spacial score (nSPS) is 13.9. The lowest BCUT2D eigenvalue weighted by Crippen LogP contribution is -2.24. The summed E-state index contributed by atoms with van der Waals surface area (Å²) >= 11 is 0. The van der Waals surface area contributed by atoms with E-state index in [9.17, 15) is 31.4 Å². The highest BCUT2D eigenvalue weighted by Crippen LogP contribution is 2.38. The zero-order valence-corrected chi connectivity index (χ0v) is 14.3. The molecule has 0 amide bonds. The molecule has 27 heavy (non-hydrogen) atoms. The van der Waals surface area contributed by atoms with Crippen LogP contribution in [0.25, 0.3) is 10.9 Å². The van der Waals surface area contributed by atoms with E-state index in [1.807, 2.05) is 0 Å². The predicted octanol–water partition coefficient (Wildman–Crippen LogP) is 3.93. The van der Waals surface area contributed by atoms with Crippen molar-refractivity contribution in [2.24, 2.45) is 0 Å². The summed E-state index contributed by atoms with van der Waals surface area (Å²) < 4.78 is 83.8. The molecule has 0 saturated heterocycles. The fourth-order valence-corrected chi connectivity index (χ4v) is 2.61. The van der Waals surface area contributed by atoms with Crippen LogP contribution in [-0.4, -0.2) is 36.9 Å². The lowest BCUT2D eigenvalue weighted by molar-refractivity contribution is -0.142. The molecule has 2 N–H and O–H groups in total. The molecule has 0 aliphatic rings. The number of ether oxygens (including phenoxy) is 1. The van der Waals surface area contributed by atoms with Gasteiger partial charge in [0.1, 0.15) is 5.69 Å². The molecule has 0 spiro atoms. The second-order valence-electron chi connectivity index (χ2n) is 5.86. The van der Waals surface area contributed by atoms with E-state index < -0.39 is 35.2 Å². The number of alkyl halides is 6. The number of aliphatic hydroxyl groups excluding tert-OH is 1. The highest BCUT2D eigenvalue weighted by Gasteiger charge is 2.37. The van der Waals surface area contributed by atoms with Crippen molar-refractivity contribution in [1.82, 2.24) is 10.3 Å². The quantitative estimate of drug-likeness (QED) is 0.550. The van der Waals surface area contributed by atoms with Gasteiger partial charge in [-0.05, 0) is 30.7 Å². The van der Waals surface area contributed by atoms with E-state index in [0.29, 0.717) is 31.7 Å². The topological polar surface area (TPSA) is 54.4 Å². The molecule has 0 radical (unpaired) electrons. The highest BCUT2D eigenvalue weighted by molar-refractivity contribution is 5.86. The first-order valence-electron chi connectivity index (χ1n) is 8.01. The number of nitrogens with zero attached hydrogens (tertiary/aromatic N) is 1. The van der Waals surface area contributed by atoms with E-state index in [0.717, 1.165) is 6.07 Å². The molecular weight excluding hydrogens is 378 g/mol. The average molecular weight is 396 g/mol. The summed E-state index contributed by atoms with van der Waals surface area (Å²) in [5, 5.41) is 12.9. The highest BCUT2D eigenvalue weighted by atomic mass is 19.4. The van der Waals surface area contributed by atoms with Crippen LogP contribution < -0.4 is 5.32 Å². The number of halogens is 6. The van der Waals surface area contributed by atoms with Crippen LogP contribution in [-0.2, 0) is 17.1 Å². The lowest BCUT2D eigenvalue weighted by Gasteiger charge is -2.19. The second kappa shape index (κ2) is 8.41. The molecule has 4 nitrogen and oxygen atoms in total. The number of benzene rings is 1. The van der Waals surface area contributed by atoms with Crippen molar-refractivity contribution in [3.8, 4) is 0 Å². The zero-order valence-electron chi connectivity index (χ0n) is 14.3. The number of hydrogen-bond acceptors (Lipinski definition) is 4. The Hall–Kier alpha value is -1.91. The van der Waals surface area contributed by atoms with Crippen LogP contribution in [0.3, 0.4) is 0 Å². The van der Waals surface area contributed by atoms with Crippen molar-refractivity contribution in [3.63, 3.8) is 0 Å². The average Bonchev–Trinajstić information content (AvgIpc) is 2.58. The van der Waals surface area contributed by atoms with Crippen LogP contribution in [0.5, 0.6) is 0 Å². The van der Waals surface area contributed by atoms with Gasteiger partial charge in [-0.1, -0.05) is 12.1 Å². The Morgan fingerprint density at radius 3 is 2.44 bits per heavy atom. The third-order valence-electron chi connectivity index (χ3n) is 3.87. The predicted molar refractivity (Wildman–Crippen MR) is 86.1 cm³/mol. The molecule has 2 aromatic rings. The van der Waals surface area contributed by atoms with Gasteiger partial charge in [0.15, 0.2) is 0 Å². The fourth-order valence-electron chi connectivity index (χ4n) is 2.61. The smallest absolute Gasteiger partial charge is 0.387 e. The number of hydrogen-bond donors (Lipinski definition) is 2. The van der Waals surface area contributed by atoms with Crippen LogP contribution in [0.1, 0.15) is 29.3 Å². The van der Waals surface area contributed by atoms with E-state index in [2.05, 4.69) is 10.3 Å². The standard InChI is InChI=1S/C17H18F6N2O2/c1-27-7-3-6-24-9-13(26)11-8-14(17(21,22)23)25-15-10(11)4-2-5-12(15)16(18,19)20/h2,4-5,8,13,24,26H,3,6-7,9H2,1H3. The van der Waals surface area contributed by atoms with Gasteiger partial charge >= 0.3 is 12.4 Å². The minimum absolute atomic E-state index is 0.129. The van der Waals surface area contributed by atoms with E-state index in [1.54, 1.807) is 0 Å². The number of fused-ring (bicyclic) bond motifs is 1. The Morgan fingerprint density at radius 2 is 1.85 bits per heavy atom. The maximum absolute atomic E-state index is 13.2. The fraction of sp³-hybridized carbons (Fsp3) is 0.471. The van der Waals surface area contributed by atoms with Gasteiger partial charge in [-0.2, -0.15) is 26.3 Å². The molecule has 10 heteroatoms. The lowest BCUT2D eigenvalue weighted by atomic mass is 9.99. The molecule has 150 valence electrons. The first-order chi connectivity index (χ1) is 12.6. The summed E-state index contributed by atoms with van der Waals surface area (Å²) in [5.74, 6) is 0. The summed E-state index contributed by atoms with van der Waals surface area (Å²) in [5.41, 5.74) is -3.88. The van der Waals surface area contributed by atoms with E-state index in [1.165, 1.54) is 13.2 Å². The van der Waals surface area contributed by atoms with Crippen molar-refractivity contribution in [2.75, 3.05) is 26.8 Å². The molecule has 0 saturated carbocycles. The Morgan fingerprint density at radius 1 is 1.15 bits per heavy atom. The third-order valence-corrected chi connectivity index (χ3v) is 3.87. The number of para-hydroxylation sites is 1. The van der Waals surface area contributed by atoms with Crippen molar-refractivity contribution in [2.45, 2.75) is 24.9 Å². The molecular formula is C17H18F6N2O2. The Kier molecular flexibility index (Phi) is 6.66. The molecule has 0 aliphatic carbocycles. The summed E-state index contributed by atoms with van der Waals surface area (Å²) in [6.45, 7) is 0.749. The van der Waals surface area contributed by atoms with E-state index in [4.69, 9.17) is 4.74 Å². The second-order valence-corrected chi connectivity index (χ2v) is 5.86. The molecule has 0 bridgehead atoms. The minimum Gasteiger partial charge on any atom is -0.387 e. The Bertz CT molecular complexity index is 776. The SMILES string of the molecule is COCCCNCC(O)c1cc(C(F)(F)F)nc2c(C(F)(F)F)cccc12. The van der Waals surface area contributed by atoms with Gasteiger partial charge < -0.3 is 15.2 Å². The third kappa shape index (κ3) is 5.30. The summed E-state index contributed by atoms with van der Waals surface area (Å²) in [7, 11) is 1.51. The molecule has 1 unspecified atom stereocenters. The summed E-state index contributed by atoms with van der Waals surface area (Å²) in [6, 6.07) is 3.53. The summed E-state index contributed by atoms with van der Waals surface area (Å²) in [6.07, 6.45) is -10.7. The number of methoxy groups -OCH3 is 1. The van der Waals surface area contributed by atoms with Gasteiger partial charge in [-0.15, -0.1) is 0 Å². The zero-order chi connectivity index (χ0) is 20.2. The van der Waals surface area contributed by atoms with Crippen molar-refractivity contribution in [3.05, 3.63) is 41.1 Å². The van der Waals surface area contributed by atoms with E-state index in [-0.39, 0.29) is 17.5 Å². The number of aliphatic hydroxyl groups is 1. The molecule has 2 rings (SSSR count). The van der Waals surface area contributed by atoms with Gasteiger partial charge in [0.05, 0.1) is 17.2 Å². The molecule has 1 heterocycles. The monoisotopic (exact) mass is 396 g/mol. The van der Waals surface area contributed by atoms with E-state index >= 15 is 0 Å².